The normalized spacial score (nSPS) is 12.7. The van der Waals surface area contributed by atoms with E-state index in [1.807, 2.05) is 30.3 Å². The fourth-order valence-corrected chi connectivity index (χ4v) is 2.72. The molecule has 0 radical (unpaired) electrons. The van der Waals surface area contributed by atoms with Gasteiger partial charge in [0.05, 0.1) is 6.61 Å². The highest BCUT2D eigenvalue weighted by atomic mass is 35.5. The zero-order valence-electron chi connectivity index (χ0n) is 14.8. The number of ether oxygens (including phenoxy) is 1. The molecular weight excluding hydrogens is 376 g/mol. The molecule has 0 aliphatic carbocycles. The van der Waals surface area contributed by atoms with Crippen molar-refractivity contribution in [3.63, 3.8) is 0 Å². The number of rotatable bonds is 8. The van der Waals surface area contributed by atoms with Gasteiger partial charge in [-0.3, -0.25) is 4.99 Å². The number of halogens is 3. The van der Waals surface area contributed by atoms with Crippen LogP contribution in [0.25, 0.3) is 0 Å². The molecule has 0 amide bonds. The predicted octanol–water partition coefficient (Wildman–Crippen LogP) is 3.38. The van der Waals surface area contributed by atoms with E-state index in [2.05, 4.69) is 20.4 Å². The van der Waals surface area contributed by atoms with Gasteiger partial charge >= 0.3 is 6.61 Å². The van der Waals surface area contributed by atoms with Gasteiger partial charge in [-0.1, -0.05) is 41.9 Å². The Morgan fingerprint density at radius 1 is 1.19 bits per heavy atom. The minimum absolute atomic E-state index is 0.0192. The minimum atomic E-state index is -2.92. The van der Waals surface area contributed by atoms with E-state index in [9.17, 15) is 13.9 Å². The molecule has 8 heteroatoms. The summed E-state index contributed by atoms with van der Waals surface area (Å²) in [5, 5.41) is 16.2. The van der Waals surface area contributed by atoms with Crippen LogP contribution < -0.4 is 15.4 Å². The first kappa shape index (κ1) is 20.9. The Labute approximate surface area is 162 Å². The Morgan fingerprint density at radius 2 is 1.93 bits per heavy atom. The van der Waals surface area contributed by atoms with Crippen molar-refractivity contribution in [2.75, 3.05) is 20.2 Å². The lowest BCUT2D eigenvalue weighted by atomic mass is 10.0. The van der Waals surface area contributed by atoms with Crippen molar-refractivity contribution in [2.45, 2.75) is 19.1 Å². The van der Waals surface area contributed by atoms with E-state index in [0.29, 0.717) is 23.1 Å². The molecule has 1 atom stereocenters. The number of hydrogen-bond acceptors (Lipinski definition) is 3. The standard InChI is InChI=1S/C19H22ClF2N3O2/c1-23-19(25-11-15(12-26)13-5-3-2-4-6-13)24-10-14-9-16(20)7-8-17(14)27-18(21)22/h2-9,15,18,26H,10-12H2,1H3,(H2,23,24,25). The summed E-state index contributed by atoms with van der Waals surface area (Å²) in [7, 11) is 1.60. The first-order valence-corrected chi connectivity index (χ1v) is 8.74. The van der Waals surface area contributed by atoms with Crippen LogP contribution in [0.1, 0.15) is 17.0 Å². The maximum atomic E-state index is 12.5. The molecule has 0 saturated carbocycles. The lowest BCUT2D eigenvalue weighted by Gasteiger charge is -2.19. The summed E-state index contributed by atoms with van der Waals surface area (Å²) in [6.07, 6.45) is 0. The van der Waals surface area contributed by atoms with Gasteiger partial charge in [0.1, 0.15) is 5.75 Å². The van der Waals surface area contributed by atoms with Crippen LogP contribution in [-0.2, 0) is 6.54 Å². The molecule has 0 aliphatic rings. The van der Waals surface area contributed by atoms with E-state index in [0.717, 1.165) is 5.56 Å². The Bertz CT molecular complexity index is 745. The van der Waals surface area contributed by atoms with Crippen molar-refractivity contribution in [3.05, 3.63) is 64.7 Å². The minimum Gasteiger partial charge on any atom is -0.434 e. The molecular formula is C19H22ClF2N3O2. The SMILES string of the molecule is CN=C(NCc1cc(Cl)ccc1OC(F)F)NCC(CO)c1ccccc1. The van der Waals surface area contributed by atoms with Crippen LogP contribution in [0.15, 0.2) is 53.5 Å². The van der Waals surface area contributed by atoms with Crippen LogP contribution >= 0.6 is 11.6 Å². The number of alkyl halides is 2. The van der Waals surface area contributed by atoms with Gasteiger partial charge in [0.25, 0.3) is 0 Å². The predicted molar refractivity (Wildman–Crippen MR) is 103 cm³/mol. The maximum absolute atomic E-state index is 12.5. The summed E-state index contributed by atoms with van der Waals surface area (Å²) in [6, 6.07) is 14.1. The van der Waals surface area contributed by atoms with Crippen LogP contribution in [0.3, 0.4) is 0 Å². The van der Waals surface area contributed by atoms with Crippen molar-refractivity contribution in [1.82, 2.24) is 10.6 Å². The first-order valence-electron chi connectivity index (χ1n) is 8.37. The van der Waals surface area contributed by atoms with Crippen LogP contribution in [0.2, 0.25) is 5.02 Å². The van der Waals surface area contributed by atoms with Gasteiger partial charge in [0, 0.05) is 36.6 Å². The van der Waals surface area contributed by atoms with E-state index < -0.39 is 6.61 Å². The summed E-state index contributed by atoms with van der Waals surface area (Å²) < 4.78 is 29.6. The van der Waals surface area contributed by atoms with Crippen molar-refractivity contribution in [1.29, 1.82) is 0 Å². The number of aliphatic hydroxyl groups is 1. The molecule has 0 saturated heterocycles. The number of aliphatic hydroxyl groups excluding tert-OH is 1. The van der Waals surface area contributed by atoms with E-state index in [1.54, 1.807) is 13.1 Å². The molecule has 5 nitrogen and oxygen atoms in total. The molecule has 0 spiro atoms. The fraction of sp³-hybridized carbons (Fsp3) is 0.316. The molecule has 146 valence electrons. The average Bonchev–Trinajstić information content (AvgIpc) is 2.67. The summed E-state index contributed by atoms with van der Waals surface area (Å²) in [4.78, 5) is 4.11. The summed E-state index contributed by atoms with van der Waals surface area (Å²) in [5.41, 5.74) is 1.48. The number of benzene rings is 2. The Hall–Kier alpha value is -2.38. The second kappa shape index (κ2) is 10.7. The van der Waals surface area contributed by atoms with Crippen molar-refractivity contribution >= 4 is 17.6 Å². The fourth-order valence-electron chi connectivity index (χ4n) is 2.53. The van der Waals surface area contributed by atoms with Crippen molar-refractivity contribution in [2.24, 2.45) is 4.99 Å². The van der Waals surface area contributed by atoms with E-state index in [1.165, 1.54) is 12.1 Å². The lowest BCUT2D eigenvalue weighted by Crippen LogP contribution is -2.39. The lowest BCUT2D eigenvalue weighted by molar-refractivity contribution is -0.0504. The second-order valence-corrected chi connectivity index (χ2v) is 6.16. The van der Waals surface area contributed by atoms with E-state index in [4.69, 9.17) is 11.6 Å². The molecule has 2 aromatic carbocycles. The largest absolute Gasteiger partial charge is 0.434 e. The Balaban J connectivity index is 1.97. The topological polar surface area (TPSA) is 65.9 Å². The number of guanidine groups is 1. The molecule has 0 heterocycles. The molecule has 0 aliphatic heterocycles. The summed E-state index contributed by atoms with van der Waals surface area (Å²) >= 11 is 5.95. The number of nitrogens with one attached hydrogen (secondary N) is 2. The first-order chi connectivity index (χ1) is 13.0. The van der Waals surface area contributed by atoms with Gasteiger partial charge in [-0.2, -0.15) is 8.78 Å². The third kappa shape index (κ3) is 6.69. The van der Waals surface area contributed by atoms with Crippen molar-refractivity contribution < 1.29 is 18.6 Å². The smallest absolute Gasteiger partial charge is 0.387 e. The third-order valence-electron chi connectivity index (χ3n) is 3.92. The van der Waals surface area contributed by atoms with Gasteiger partial charge in [-0.15, -0.1) is 0 Å². The summed E-state index contributed by atoms with van der Waals surface area (Å²) in [6.45, 7) is -2.29. The molecule has 27 heavy (non-hydrogen) atoms. The molecule has 1 unspecified atom stereocenters. The zero-order chi connectivity index (χ0) is 19.6. The second-order valence-electron chi connectivity index (χ2n) is 5.73. The van der Waals surface area contributed by atoms with E-state index >= 15 is 0 Å². The molecule has 2 rings (SSSR count). The van der Waals surface area contributed by atoms with Crippen LogP contribution in [0.5, 0.6) is 5.75 Å². The van der Waals surface area contributed by atoms with E-state index in [-0.39, 0.29) is 24.8 Å². The molecule has 0 bridgehead atoms. The maximum Gasteiger partial charge on any atom is 0.387 e. The monoisotopic (exact) mass is 397 g/mol. The molecule has 0 aromatic heterocycles. The van der Waals surface area contributed by atoms with Gasteiger partial charge in [0.15, 0.2) is 5.96 Å². The van der Waals surface area contributed by atoms with Gasteiger partial charge < -0.3 is 20.5 Å². The summed E-state index contributed by atoms with van der Waals surface area (Å²) in [5.74, 6) is 0.413. The van der Waals surface area contributed by atoms with Crippen molar-refractivity contribution in [3.8, 4) is 5.75 Å². The highest BCUT2D eigenvalue weighted by Gasteiger charge is 2.13. The van der Waals surface area contributed by atoms with Gasteiger partial charge in [-0.25, -0.2) is 0 Å². The number of aliphatic imine (C=N–C) groups is 1. The van der Waals surface area contributed by atoms with Gasteiger partial charge in [0.2, 0.25) is 0 Å². The molecule has 3 N–H and O–H groups in total. The quantitative estimate of drug-likeness (QED) is 0.472. The zero-order valence-corrected chi connectivity index (χ0v) is 15.6. The average molecular weight is 398 g/mol. The number of hydrogen-bond donors (Lipinski definition) is 3. The Kier molecular flexibility index (Phi) is 8.29. The van der Waals surface area contributed by atoms with Crippen LogP contribution in [0.4, 0.5) is 8.78 Å². The molecule has 2 aromatic rings. The Morgan fingerprint density at radius 3 is 2.56 bits per heavy atom. The number of nitrogens with zero attached hydrogens (tertiary/aromatic N) is 1. The highest BCUT2D eigenvalue weighted by Crippen LogP contribution is 2.24. The van der Waals surface area contributed by atoms with Crippen LogP contribution in [0, 0.1) is 0 Å². The van der Waals surface area contributed by atoms with Crippen LogP contribution in [-0.4, -0.2) is 37.9 Å². The molecule has 0 fully saturated rings. The third-order valence-corrected chi connectivity index (χ3v) is 4.15. The van der Waals surface area contributed by atoms with Gasteiger partial charge in [-0.05, 0) is 23.8 Å². The highest BCUT2D eigenvalue weighted by molar-refractivity contribution is 6.30.